The van der Waals surface area contributed by atoms with Crippen LogP contribution in [0.2, 0.25) is 0 Å². The molecule has 1 aromatic carbocycles. The van der Waals surface area contributed by atoms with Gasteiger partial charge in [-0.15, -0.1) is 34.9 Å². The summed E-state index contributed by atoms with van der Waals surface area (Å²) in [6, 6.07) is 10.7. The second-order valence-corrected chi connectivity index (χ2v) is 10.6. The van der Waals surface area contributed by atoms with Gasteiger partial charge in [-0.2, -0.15) is 0 Å². The van der Waals surface area contributed by atoms with Gasteiger partial charge in [0.05, 0.1) is 4.58 Å². The number of nitrogens with one attached hydrogen (secondary N) is 1. The zero-order valence-corrected chi connectivity index (χ0v) is 17.4. The number of carbonyl (C=O) groups is 1. The molecule has 26 heavy (non-hydrogen) atoms. The van der Waals surface area contributed by atoms with E-state index in [1.165, 1.54) is 27.5 Å². The first-order valence-corrected chi connectivity index (χ1v) is 12.1. The molecular formula is C20H24N2OS3. The van der Waals surface area contributed by atoms with E-state index in [0.717, 1.165) is 25.1 Å². The predicted molar refractivity (Wildman–Crippen MR) is 114 cm³/mol. The number of hydrogen-bond acceptors (Lipinski definition) is 5. The smallest absolute Gasteiger partial charge is 0.251 e. The van der Waals surface area contributed by atoms with Gasteiger partial charge in [-0.05, 0) is 48.1 Å². The van der Waals surface area contributed by atoms with Crippen molar-refractivity contribution in [3.63, 3.8) is 0 Å². The number of benzene rings is 1. The van der Waals surface area contributed by atoms with E-state index in [2.05, 4.69) is 40.7 Å². The van der Waals surface area contributed by atoms with E-state index >= 15 is 0 Å². The summed E-state index contributed by atoms with van der Waals surface area (Å²) in [6.45, 7) is 4.97. The van der Waals surface area contributed by atoms with Crippen LogP contribution in [-0.2, 0) is 13.0 Å². The molecule has 3 nitrogen and oxygen atoms in total. The van der Waals surface area contributed by atoms with E-state index in [9.17, 15) is 4.79 Å². The van der Waals surface area contributed by atoms with Crippen LogP contribution in [0.4, 0.5) is 0 Å². The maximum absolute atomic E-state index is 12.5. The predicted octanol–water partition coefficient (Wildman–Crippen LogP) is 4.40. The SMILES string of the molecule is CC(CNC(=O)c1ccc(C2SCCS2)cc1)N1CCc2sccc2C1. The molecular weight excluding hydrogens is 380 g/mol. The lowest BCUT2D eigenvalue weighted by Gasteiger charge is -2.32. The minimum atomic E-state index is 0.0309. The summed E-state index contributed by atoms with van der Waals surface area (Å²) >= 11 is 5.85. The van der Waals surface area contributed by atoms with Crippen molar-refractivity contribution in [2.45, 2.75) is 30.5 Å². The molecule has 0 saturated carbocycles. The largest absolute Gasteiger partial charge is 0.350 e. The maximum atomic E-state index is 12.5. The van der Waals surface area contributed by atoms with Crippen LogP contribution in [0.15, 0.2) is 35.7 Å². The highest BCUT2D eigenvalue weighted by Crippen LogP contribution is 2.45. The van der Waals surface area contributed by atoms with E-state index in [1.807, 2.05) is 47.0 Å². The molecule has 6 heteroatoms. The van der Waals surface area contributed by atoms with Gasteiger partial charge in [0.1, 0.15) is 0 Å². The van der Waals surface area contributed by atoms with Crippen molar-refractivity contribution in [2.24, 2.45) is 0 Å². The average Bonchev–Trinajstić information content (AvgIpc) is 3.37. The van der Waals surface area contributed by atoms with Gasteiger partial charge in [0.2, 0.25) is 0 Å². The first-order chi connectivity index (χ1) is 12.7. The summed E-state index contributed by atoms with van der Waals surface area (Å²) in [4.78, 5) is 16.5. The zero-order chi connectivity index (χ0) is 17.9. The molecule has 1 aromatic heterocycles. The quantitative estimate of drug-likeness (QED) is 0.800. The van der Waals surface area contributed by atoms with Crippen LogP contribution >= 0.6 is 34.9 Å². The lowest BCUT2D eigenvalue weighted by molar-refractivity contribution is 0.0932. The molecule has 0 radical (unpaired) electrons. The van der Waals surface area contributed by atoms with Crippen molar-refractivity contribution >= 4 is 40.8 Å². The molecule has 2 aromatic rings. The van der Waals surface area contributed by atoms with E-state index in [0.29, 0.717) is 17.2 Å². The molecule has 138 valence electrons. The zero-order valence-electron chi connectivity index (χ0n) is 14.9. The highest BCUT2D eigenvalue weighted by molar-refractivity contribution is 8.19. The van der Waals surface area contributed by atoms with Crippen LogP contribution in [0.5, 0.6) is 0 Å². The average molecular weight is 405 g/mol. The summed E-state index contributed by atoms with van der Waals surface area (Å²) in [5, 5.41) is 5.30. The fourth-order valence-corrected chi connectivity index (χ4v) is 7.21. The van der Waals surface area contributed by atoms with Gasteiger partial charge in [0.15, 0.2) is 0 Å². The van der Waals surface area contributed by atoms with Crippen molar-refractivity contribution in [3.8, 4) is 0 Å². The molecule has 1 saturated heterocycles. The Morgan fingerprint density at radius 3 is 2.77 bits per heavy atom. The van der Waals surface area contributed by atoms with Crippen molar-refractivity contribution in [1.82, 2.24) is 10.2 Å². The van der Waals surface area contributed by atoms with E-state index < -0.39 is 0 Å². The fourth-order valence-electron chi connectivity index (χ4n) is 3.46. The number of rotatable bonds is 5. The number of thiophene rings is 1. The first kappa shape index (κ1) is 18.4. The molecule has 0 bridgehead atoms. The van der Waals surface area contributed by atoms with Gasteiger partial charge in [0.25, 0.3) is 5.91 Å². The lowest BCUT2D eigenvalue weighted by Crippen LogP contribution is -2.44. The van der Waals surface area contributed by atoms with Gasteiger partial charge >= 0.3 is 0 Å². The summed E-state index contributed by atoms with van der Waals surface area (Å²) in [5.41, 5.74) is 3.53. The minimum absolute atomic E-state index is 0.0309. The fraction of sp³-hybridized carbons (Fsp3) is 0.450. The molecule has 0 spiro atoms. The van der Waals surface area contributed by atoms with Crippen molar-refractivity contribution in [3.05, 3.63) is 57.3 Å². The molecule has 1 N–H and O–H groups in total. The monoisotopic (exact) mass is 404 g/mol. The molecule has 2 aliphatic rings. The molecule has 1 fully saturated rings. The highest BCUT2D eigenvalue weighted by Gasteiger charge is 2.22. The number of hydrogen-bond donors (Lipinski definition) is 1. The van der Waals surface area contributed by atoms with Gasteiger partial charge in [0, 0.05) is 47.6 Å². The molecule has 1 amide bonds. The summed E-state index contributed by atoms with van der Waals surface area (Å²) in [7, 11) is 0. The van der Waals surface area contributed by atoms with Crippen LogP contribution in [0.3, 0.4) is 0 Å². The van der Waals surface area contributed by atoms with Crippen molar-refractivity contribution in [1.29, 1.82) is 0 Å². The van der Waals surface area contributed by atoms with Crippen LogP contribution < -0.4 is 5.32 Å². The Hall–Kier alpha value is -0.950. The Bertz CT molecular complexity index is 753. The Morgan fingerprint density at radius 2 is 2.00 bits per heavy atom. The third-order valence-corrected chi connectivity index (χ3v) is 9.21. The Labute approximate surface area is 167 Å². The number of nitrogens with zero attached hydrogens (tertiary/aromatic N) is 1. The normalized spacial score (nSPS) is 19.3. The molecule has 0 aliphatic carbocycles. The van der Waals surface area contributed by atoms with E-state index in [-0.39, 0.29) is 5.91 Å². The second-order valence-electron chi connectivity index (χ2n) is 6.84. The van der Waals surface area contributed by atoms with Crippen LogP contribution in [0.25, 0.3) is 0 Å². The van der Waals surface area contributed by atoms with Gasteiger partial charge in [-0.3, -0.25) is 9.69 Å². The number of carbonyl (C=O) groups excluding carboxylic acids is 1. The Balaban J connectivity index is 1.29. The number of amides is 1. The topological polar surface area (TPSA) is 32.3 Å². The number of thioether (sulfide) groups is 2. The van der Waals surface area contributed by atoms with Crippen LogP contribution in [0.1, 0.15) is 37.9 Å². The van der Waals surface area contributed by atoms with E-state index in [1.54, 1.807) is 0 Å². The maximum Gasteiger partial charge on any atom is 0.251 e. The first-order valence-electron chi connectivity index (χ1n) is 9.11. The molecule has 1 unspecified atom stereocenters. The molecule has 3 heterocycles. The summed E-state index contributed by atoms with van der Waals surface area (Å²) < 4.78 is 0.535. The van der Waals surface area contributed by atoms with Crippen molar-refractivity contribution < 1.29 is 4.79 Å². The summed E-state index contributed by atoms with van der Waals surface area (Å²) in [5.74, 6) is 2.47. The Kier molecular flexibility index (Phi) is 5.93. The van der Waals surface area contributed by atoms with Gasteiger partial charge in [-0.25, -0.2) is 0 Å². The van der Waals surface area contributed by atoms with Crippen LogP contribution in [0, 0.1) is 0 Å². The highest BCUT2D eigenvalue weighted by atomic mass is 32.2. The van der Waals surface area contributed by atoms with Crippen LogP contribution in [-0.4, -0.2) is 41.4 Å². The molecule has 2 aliphatic heterocycles. The van der Waals surface area contributed by atoms with Gasteiger partial charge in [-0.1, -0.05) is 12.1 Å². The molecule has 1 atom stereocenters. The minimum Gasteiger partial charge on any atom is -0.350 e. The second kappa shape index (κ2) is 8.38. The lowest BCUT2D eigenvalue weighted by atomic mass is 10.1. The molecule has 4 rings (SSSR count). The van der Waals surface area contributed by atoms with Gasteiger partial charge < -0.3 is 5.32 Å². The standard InChI is InChI=1S/C20H24N2OS3/c1-14(22-8-6-18-17(13-22)7-9-24-18)12-21-19(23)15-2-4-16(5-3-15)20-25-10-11-26-20/h2-5,7,9,14,20H,6,8,10-13H2,1H3,(H,21,23). The third kappa shape index (κ3) is 4.14. The van der Waals surface area contributed by atoms with Crippen molar-refractivity contribution in [2.75, 3.05) is 24.6 Å². The summed E-state index contributed by atoms with van der Waals surface area (Å²) in [6.07, 6.45) is 1.13. The number of fused-ring (bicyclic) bond motifs is 1. The van der Waals surface area contributed by atoms with E-state index in [4.69, 9.17) is 0 Å². The third-order valence-electron chi connectivity index (χ3n) is 5.09. The Morgan fingerprint density at radius 1 is 1.23 bits per heavy atom.